The SMILES string of the molecule is Cc1cc(N(C)CC2CCC2)ccc1C(=N)N. The molecule has 0 unspecified atom stereocenters. The molecular formula is C14H21N3. The lowest BCUT2D eigenvalue weighted by Crippen LogP contribution is -2.29. The van der Waals surface area contributed by atoms with Gasteiger partial charge in [-0.2, -0.15) is 0 Å². The molecule has 0 aromatic heterocycles. The first-order chi connectivity index (χ1) is 8.08. The highest BCUT2D eigenvalue weighted by Gasteiger charge is 2.19. The van der Waals surface area contributed by atoms with Crippen molar-refractivity contribution in [1.82, 2.24) is 0 Å². The summed E-state index contributed by atoms with van der Waals surface area (Å²) in [7, 11) is 2.14. The minimum absolute atomic E-state index is 0.149. The summed E-state index contributed by atoms with van der Waals surface area (Å²) in [6.45, 7) is 3.15. The molecule has 0 radical (unpaired) electrons. The van der Waals surface area contributed by atoms with Gasteiger partial charge in [-0.05, 0) is 49.4 Å². The number of anilines is 1. The molecule has 0 saturated heterocycles. The monoisotopic (exact) mass is 231 g/mol. The standard InChI is InChI=1S/C14H21N3/c1-10-8-12(6-7-13(10)14(15)16)17(2)9-11-4-3-5-11/h6-8,11H,3-5,9H2,1-2H3,(H3,15,16). The lowest BCUT2D eigenvalue weighted by molar-refractivity contribution is 0.321. The summed E-state index contributed by atoms with van der Waals surface area (Å²) in [5, 5.41) is 7.47. The zero-order valence-electron chi connectivity index (χ0n) is 10.7. The Morgan fingerprint density at radius 2 is 2.18 bits per heavy atom. The topological polar surface area (TPSA) is 53.1 Å². The molecule has 3 N–H and O–H groups in total. The molecule has 0 heterocycles. The average Bonchev–Trinajstić information content (AvgIpc) is 2.22. The quantitative estimate of drug-likeness (QED) is 0.618. The van der Waals surface area contributed by atoms with E-state index in [4.69, 9.17) is 11.1 Å². The maximum absolute atomic E-state index is 7.47. The molecule has 0 spiro atoms. The van der Waals surface area contributed by atoms with Gasteiger partial charge in [-0.25, -0.2) is 0 Å². The lowest BCUT2D eigenvalue weighted by atomic mass is 9.85. The molecule has 3 nitrogen and oxygen atoms in total. The van der Waals surface area contributed by atoms with Gasteiger partial charge in [0.05, 0.1) is 0 Å². The molecule has 1 saturated carbocycles. The van der Waals surface area contributed by atoms with E-state index in [0.29, 0.717) is 0 Å². The maximum Gasteiger partial charge on any atom is 0.123 e. The molecule has 0 amide bonds. The highest BCUT2D eigenvalue weighted by atomic mass is 15.1. The number of nitrogens with one attached hydrogen (secondary N) is 1. The van der Waals surface area contributed by atoms with E-state index in [0.717, 1.165) is 23.6 Å². The molecule has 0 atom stereocenters. The Balaban J connectivity index is 2.10. The Labute approximate surface area is 103 Å². The molecule has 1 aromatic rings. The number of amidine groups is 1. The van der Waals surface area contributed by atoms with Crippen LogP contribution in [0.4, 0.5) is 5.69 Å². The zero-order chi connectivity index (χ0) is 12.4. The summed E-state index contributed by atoms with van der Waals surface area (Å²) in [5.41, 5.74) is 8.66. The normalized spacial score (nSPS) is 15.4. The molecule has 92 valence electrons. The molecule has 1 aliphatic carbocycles. The summed E-state index contributed by atoms with van der Waals surface area (Å²) in [5.74, 6) is 1.02. The third-order valence-corrected chi connectivity index (χ3v) is 3.70. The second-order valence-corrected chi connectivity index (χ2v) is 5.09. The van der Waals surface area contributed by atoms with E-state index < -0.39 is 0 Å². The minimum Gasteiger partial charge on any atom is -0.384 e. The van der Waals surface area contributed by atoms with Crippen LogP contribution in [0.25, 0.3) is 0 Å². The van der Waals surface area contributed by atoms with E-state index in [9.17, 15) is 0 Å². The van der Waals surface area contributed by atoms with Gasteiger partial charge in [0.1, 0.15) is 5.84 Å². The van der Waals surface area contributed by atoms with Crippen LogP contribution in [0.5, 0.6) is 0 Å². The molecule has 3 heteroatoms. The van der Waals surface area contributed by atoms with Crippen molar-refractivity contribution in [2.24, 2.45) is 11.7 Å². The number of nitrogen functional groups attached to an aromatic ring is 1. The van der Waals surface area contributed by atoms with Gasteiger partial charge in [-0.1, -0.05) is 6.42 Å². The van der Waals surface area contributed by atoms with Crippen LogP contribution >= 0.6 is 0 Å². The summed E-state index contributed by atoms with van der Waals surface area (Å²) in [4.78, 5) is 2.31. The second-order valence-electron chi connectivity index (χ2n) is 5.09. The molecule has 1 aromatic carbocycles. The van der Waals surface area contributed by atoms with Crippen molar-refractivity contribution in [3.63, 3.8) is 0 Å². The van der Waals surface area contributed by atoms with Gasteiger partial charge in [0.25, 0.3) is 0 Å². The predicted molar refractivity (Wildman–Crippen MR) is 72.8 cm³/mol. The van der Waals surface area contributed by atoms with E-state index in [1.807, 2.05) is 13.0 Å². The first kappa shape index (κ1) is 12.0. The van der Waals surface area contributed by atoms with Crippen LogP contribution in [0.2, 0.25) is 0 Å². The van der Waals surface area contributed by atoms with Crippen LogP contribution < -0.4 is 10.6 Å². The highest BCUT2D eigenvalue weighted by Crippen LogP contribution is 2.28. The number of nitrogens with zero attached hydrogens (tertiary/aromatic N) is 1. The van der Waals surface area contributed by atoms with E-state index >= 15 is 0 Å². The van der Waals surface area contributed by atoms with E-state index in [2.05, 4.69) is 24.1 Å². The highest BCUT2D eigenvalue weighted by molar-refractivity contribution is 5.96. The Hall–Kier alpha value is -1.51. The van der Waals surface area contributed by atoms with Gasteiger partial charge in [0, 0.05) is 24.8 Å². The molecular weight excluding hydrogens is 210 g/mol. The third-order valence-electron chi connectivity index (χ3n) is 3.70. The van der Waals surface area contributed by atoms with E-state index in [1.165, 1.54) is 24.9 Å². The number of hydrogen-bond donors (Lipinski definition) is 2. The minimum atomic E-state index is 0.149. The van der Waals surface area contributed by atoms with Crippen molar-refractivity contribution in [2.45, 2.75) is 26.2 Å². The fourth-order valence-corrected chi connectivity index (χ4v) is 2.36. The molecule has 0 aliphatic heterocycles. The Morgan fingerprint density at radius 3 is 2.65 bits per heavy atom. The lowest BCUT2D eigenvalue weighted by Gasteiger charge is -2.31. The fraction of sp³-hybridized carbons (Fsp3) is 0.500. The van der Waals surface area contributed by atoms with Crippen LogP contribution in [0.15, 0.2) is 18.2 Å². The Bertz CT molecular complexity index is 421. The molecule has 17 heavy (non-hydrogen) atoms. The summed E-state index contributed by atoms with van der Waals surface area (Å²) >= 11 is 0. The molecule has 1 fully saturated rings. The van der Waals surface area contributed by atoms with Gasteiger partial charge in [0.15, 0.2) is 0 Å². The average molecular weight is 231 g/mol. The first-order valence-corrected chi connectivity index (χ1v) is 6.24. The van der Waals surface area contributed by atoms with Crippen molar-refractivity contribution in [1.29, 1.82) is 5.41 Å². The summed E-state index contributed by atoms with van der Waals surface area (Å²) in [6, 6.07) is 6.13. The van der Waals surface area contributed by atoms with E-state index in [1.54, 1.807) is 0 Å². The predicted octanol–water partition coefficient (Wildman–Crippen LogP) is 2.52. The number of hydrogen-bond acceptors (Lipinski definition) is 2. The smallest absolute Gasteiger partial charge is 0.123 e. The van der Waals surface area contributed by atoms with Crippen LogP contribution in [-0.4, -0.2) is 19.4 Å². The largest absolute Gasteiger partial charge is 0.384 e. The first-order valence-electron chi connectivity index (χ1n) is 6.24. The fourth-order valence-electron chi connectivity index (χ4n) is 2.36. The van der Waals surface area contributed by atoms with Crippen LogP contribution in [-0.2, 0) is 0 Å². The zero-order valence-corrected chi connectivity index (χ0v) is 10.7. The van der Waals surface area contributed by atoms with Crippen molar-refractivity contribution in [3.8, 4) is 0 Å². The summed E-state index contributed by atoms with van der Waals surface area (Å²) in [6.07, 6.45) is 4.13. The molecule has 2 rings (SSSR count). The Kier molecular flexibility index (Phi) is 3.36. The Morgan fingerprint density at radius 1 is 1.47 bits per heavy atom. The van der Waals surface area contributed by atoms with Crippen LogP contribution in [0.3, 0.4) is 0 Å². The number of aryl methyl sites for hydroxylation is 1. The van der Waals surface area contributed by atoms with Gasteiger partial charge < -0.3 is 10.6 Å². The second kappa shape index (κ2) is 4.78. The van der Waals surface area contributed by atoms with Crippen molar-refractivity contribution >= 4 is 11.5 Å². The number of benzene rings is 1. The summed E-state index contributed by atoms with van der Waals surface area (Å²) < 4.78 is 0. The molecule has 0 bridgehead atoms. The molecule has 1 aliphatic rings. The van der Waals surface area contributed by atoms with Crippen molar-refractivity contribution < 1.29 is 0 Å². The van der Waals surface area contributed by atoms with Gasteiger partial charge >= 0.3 is 0 Å². The maximum atomic E-state index is 7.47. The van der Waals surface area contributed by atoms with Gasteiger partial charge in [0.2, 0.25) is 0 Å². The van der Waals surface area contributed by atoms with Crippen LogP contribution in [0, 0.1) is 18.3 Å². The van der Waals surface area contributed by atoms with Gasteiger partial charge in [-0.3, -0.25) is 5.41 Å². The van der Waals surface area contributed by atoms with Crippen LogP contribution in [0.1, 0.15) is 30.4 Å². The van der Waals surface area contributed by atoms with Crippen molar-refractivity contribution in [3.05, 3.63) is 29.3 Å². The van der Waals surface area contributed by atoms with Gasteiger partial charge in [-0.15, -0.1) is 0 Å². The third kappa shape index (κ3) is 2.60. The van der Waals surface area contributed by atoms with E-state index in [-0.39, 0.29) is 5.84 Å². The van der Waals surface area contributed by atoms with Crippen molar-refractivity contribution in [2.75, 3.05) is 18.5 Å². The number of nitrogens with two attached hydrogens (primary N) is 1. The number of rotatable bonds is 4.